The first-order chi connectivity index (χ1) is 13.2. The van der Waals surface area contributed by atoms with Gasteiger partial charge in [0.15, 0.2) is 5.78 Å². The minimum absolute atomic E-state index is 0.0160. The highest BCUT2D eigenvalue weighted by Crippen LogP contribution is 2.39. The second-order valence-corrected chi connectivity index (χ2v) is 9.62. The zero-order valence-corrected chi connectivity index (χ0v) is 18.0. The number of carbonyl (C=O) groups excluding carboxylic acids is 3. The van der Waals surface area contributed by atoms with Gasteiger partial charge in [0.1, 0.15) is 17.5 Å². The van der Waals surface area contributed by atoms with E-state index in [1.807, 2.05) is 32.9 Å². The second kappa shape index (κ2) is 8.31. The van der Waals surface area contributed by atoms with Crippen molar-refractivity contribution >= 4 is 17.3 Å². The highest BCUT2D eigenvalue weighted by molar-refractivity contribution is 6.15. The third-order valence-electron chi connectivity index (χ3n) is 7.06. The van der Waals surface area contributed by atoms with Crippen molar-refractivity contribution in [3.8, 4) is 0 Å². The lowest BCUT2D eigenvalue weighted by molar-refractivity contribution is -0.128. The Morgan fingerprint density at radius 2 is 1.64 bits per heavy atom. The minimum atomic E-state index is -0.673. The molecule has 28 heavy (non-hydrogen) atoms. The van der Waals surface area contributed by atoms with E-state index >= 15 is 0 Å². The van der Waals surface area contributed by atoms with Gasteiger partial charge in [-0.15, -0.1) is 0 Å². The molecule has 0 heterocycles. The van der Waals surface area contributed by atoms with E-state index < -0.39 is 11.8 Å². The molecule has 3 nitrogen and oxygen atoms in total. The second-order valence-electron chi connectivity index (χ2n) is 9.62. The summed E-state index contributed by atoms with van der Waals surface area (Å²) in [6.07, 6.45) is 4.52. The molecule has 3 rings (SSSR count). The summed E-state index contributed by atoms with van der Waals surface area (Å²) >= 11 is 0. The van der Waals surface area contributed by atoms with Crippen LogP contribution in [0.3, 0.4) is 0 Å². The Morgan fingerprint density at radius 1 is 1.00 bits per heavy atom. The van der Waals surface area contributed by atoms with Gasteiger partial charge < -0.3 is 0 Å². The summed E-state index contributed by atoms with van der Waals surface area (Å²) in [5.74, 6) is 0.757. The number of rotatable bonds is 5. The van der Waals surface area contributed by atoms with Gasteiger partial charge in [0.2, 0.25) is 0 Å². The molecule has 2 aliphatic rings. The molecule has 5 atom stereocenters. The molecule has 3 heteroatoms. The molecule has 0 saturated heterocycles. The average molecular weight is 383 g/mol. The van der Waals surface area contributed by atoms with Crippen molar-refractivity contribution in [1.29, 1.82) is 0 Å². The third-order valence-corrected chi connectivity index (χ3v) is 7.06. The number of carbonyl (C=O) groups is 3. The van der Waals surface area contributed by atoms with Gasteiger partial charge >= 0.3 is 0 Å². The van der Waals surface area contributed by atoms with Crippen molar-refractivity contribution in [2.75, 3.05) is 0 Å². The number of ketones is 3. The van der Waals surface area contributed by atoms with Crippen LogP contribution in [0.2, 0.25) is 0 Å². The van der Waals surface area contributed by atoms with Crippen molar-refractivity contribution < 1.29 is 14.4 Å². The Kier molecular flexibility index (Phi) is 6.21. The molecule has 5 unspecified atom stereocenters. The third kappa shape index (κ3) is 4.29. The van der Waals surface area contributed by atoms with Gasteiger partial charge in [-0.2, -0.15) is 0 Å². The fraction of sp³-hybridized carbons (Fsp3) is 0.640. The van der Waals surface area contributed by atoms with Gasteiger partial charge in [0.25, 0.3) is 0 Å². The first-order valence-corrected chi connectivity index (χ1v) is 10.8. The van der Waals surface area contributed by atoms with E-state index in [1.54, 1.807) is 0 Å². The Morgan fingerprint density at radius 3 is 2.25 bits per heavy atom. The van der Waals surface area contributed by atoms with Crippen LogP contribution in [0.25, 0.3) is 0 Å². The summed E-state index contributed by atoms with van der Waals surface area (Å²) in [6, 6.07) is 4.07. The summed E-state index contributed by atoms with van der Waals surface area (Å²) in [6.45, 7) is 10.5. The quantitative estimate of drug-likeness (QED) is 0.651. The van der Waals surface area contributed by atoms with E-state index in [1.165, 1.54) is 12.8 Å². The van der Waals surface area contributed by atoms with Crippen molar-refractivity contribution in [3.63, 3.8) is 0 Å². The molecule has 0 bridgehead atoms. The molecule has 1 aromatic carbocycles. The van der Waals surface area contributed by atoms with Crippen LogP contribution >= 0.6 is 0 Å². The van der Waals surface area contributed by atoms with Crippen LogP contribution in [0.15, 0.2) is 12.1 Å². The van der Waals surface area contributed by atoms with Crippen LogP contribution in [-0.4, -0.2) is 17.3 Å². The number of hydrogen-bond acceptors (Lipinski definition) is 3. The summed E-state index contributed by atoms with van der Waals surface area (Å²) in [7, 11) is 0. The largest absolute Gasteiger partial charge is 0.300 e. The average Bonchev–Trinajstić information content (AvgIpc) is 2.84. The summed E-state index contributed by atoms with van der Waals surface area (Å²) in [5.41, 5.74) is 4.01. The predicted molar refractivity (Wildman–Crippen MR) is 111 cm³/mol. The highest BCUT2D eigenvalue weighted by Gasteiger charge is 2.44. The van der Waals surface area contributed by atoms with Gasteiger partial charge in [0.05, 0.1) is 0 Å². The van der Waals surface area contributed by atoms with Crippen LogP contribution in [0, 0.1) is 44.4 Å². The topological polar surface area (TPSA) is 51.2 Å². The monoisotopic (exact) mass is 382 g/mol. The van der Waals surface area contributed by atoms with Crippen LogP contribution in [0.5, 0.6) is 0 Å². The molecular formula is C25H34O3. The van der Waals surface area contributed by atoms with E-state index in [2.05, 4.69) is 13.8 Å². The van der Waals surface area contributed by atoms with Crippen LogP contribution in [-0.2, 0) is 14.4 Å². The minimum Gasteiger partial charge on any atom is -0.300 e. The fourth-order valence-corrected chi connectivity index (χ4v) is 5.66. The number of Topliss-reactive ketones (excluding diaryl/α,β-unsaturated/α-hetero) is 3. The van der Waals surface area contributed by atoms with Crippen LogP contribution in [0.4, 0.5) is 0 Å². The molecule has 0 radical (unpaired) electrons. The molecule has 0 amide bonds. The molecule has 2 aliphatic carbocycles. The molecule has 1 aromatic rings. The van der Waals surface area contributed by atoms with E-state index in [-0.39, 0.29) is 30.2 Å². The van der Waals surface area contributed by atoms with Crippen molar-refractivity contribution in [1.82, 2.24) is 0 Å². The molecule has 0 N–H and O–H groups in total. The SMILES string of the molecule is Cc1cc(C)c(C2C(=O)CC(CC(=O)CC3CCC(C)CC3C)C2=O)c(C)c1. The number of benzene rings is 1. The predicted octanol–water partition coefficient (Wildman–Crippen LogP) is 5.28. The smallest absolute Gasteiger partial charge is 0.151 e. The fourth-order valence-electron chi connectivity index (χ4n) is 5.66. The van der Waals surface area contributed by atoms with Crippen LogP contribution < -0.4 is 0 Å². The summed E-state index contributed by atoms with van der Waals surface area (Å²) in [4.78, 5) is 38.5. The van der Waals surface area contributed by atoms with Gasteiger partial charge in [-0.3, -0.25) is 14.4 Å². The Labute approximate surface area is 169 Å². The number of hydrogen-bond donors (Lipinski definition) is 0. The lowest BCUT2D eigenvalue weighted by atomic mass is 9.73. The Hall–Kier alpha value is -1.77. The zero-order chi connectivity index (χ0) is 20.6. The molecule has 2 fully saturated rings. The van der Waals surface area contributed by atoms with E-state index in [0.717, 1.165) is 34.6 Å². The highest BCUT2D eigenvalue weighted by atomic mass is 16.2. The first kappa shape index (κ1) is 21.0. The van der Waals surface area contributed by atoms with Gasteiger partial charge in [-0.25, -0.2) is 0 Å². The van der Waals surface area contributed by atoms with Gasteiger partial charge in [-0.1, -0.05) is 38.0 Å². The standard InChI is InChI=1S/C25H34O3/c1-14-6-7-19(16(3)8-14)11-21(26)12-20-13-22(27)24(25(20)28)23-17(4)9-15(2)10-18(23)5/h9-10,14,16,19-20,24H,6-8,11-13H2,1-5H3. The molecule has 0 aliphatic heterocycles. The first-order valence-electron chi connectivity index (χ1n) is 10.8. The number of aryl methyl sites for hydroxylation is 3. The maximum absolute atomic E-state index is 13.1. The van der Waals surface area contributed by atoms with Gasteiger partial charge in [-0.05, 0) is 68.1 Å². The lowest BCUT2D eigenvalue weighted by Gasteiger charge is -2.32. The molecule has 2 saturated carbocycles. The molecule has 0 spiro atoms. The Bertz CT molecular complexity index is 768. The van der Waals surface area contributed by atoms with E-state index in [0.29, 0.717) is 18.3 Å². The van der Waals surface area contributed by atoms with Crippen molar-refractivity contribution in [2.45, 2.75) is 79.1 Å². The van der Waals surface area contributed by atoms with Gasteiger partial charge in [0, 0.05) is 25.2 Å². The van der Waals surface area contributed by atoms with E-state index in [4.69, 9.17) is 0 Å². The Balaban J connectivity index is 1.68. The lowest BCUT2D eigenvalue weighted by Crippen LogP contribution is -2.25. The van der Waals surface area contributed by atoms with E-state index in [9.17, 15) is 14.4 Å². The molecular weight excluding hydrogens is 348 g/mol. The maximum atomic E-state index is 13.1. The van der Waals surface area contributed by atoms with Crippen LogP contribution in [0.1, 0.15) is 80.5 Å². The normalized spacial score (nSPS) is 30.7. The zero-order valence-electron chi connectivity index (χ0n) is 18.0. The molecule has 0 aromatic heterocycles. The maximum Gasteiger partial charge on any atom is 0.151 e. The van der Waals surface area contributed by atoms with Crippen molar-refractivity contribution in [2.24, 2.45) is 23.7 Å². The van der Waals surface area contributed by atoms with Crippen molar-refractivity contribution in [3.05, 3.63) is 34.4 Å². The summed E-state index contributed by atoms with van der Waals surface area (Å²) < 4.78 is 0. The summed E-state index contributed by atoms with van der Waals surface area (Å²) in [5, 5.41) is 0. The molecule has 152 valence electrons.